The molecule has 0 aliphatic carbocycles. The number of hydrogen-bond donors (Lipinski definition) is 2. The Balaban J connectivity index is 2.05. The first-order valence-corrected chi connectivity index (χ1v) is 5.19. The van der Waals surface area contributed by atoms with Crippen LogP contribution in [0.1, 0.15) is 19.6 Å². The van der Waals surface area contributed by atoms with Crippen molar-refractivity contribution in [1.82, 2.24) is 5.32 Å². The van der Waals surface area contributed by atoms with Crippen LogP contribution in [0.5, 0.6) is 0 Å². The van der Waals surface area contributed by atoms with E-state index in [0.29, 0.717) is 5.92 Å². The van der Waals surface area contributed by atoms with Crippen molar-refractivity contribution in [3.05, 3.63) is 24.2 Å². The molecule has 14 heavy (non-hydrogen) atoms. The average molecular weight is 196 g/mol. The fourth-order valence-corrected chi connectivity index (χ4v) is 1.18. The lowest BCUT2D eigenvalue weighted by atomic mass is 10.1. The lowest BCUT2D eigenvalue weighted by Crippen LogP contribution is -2.33. The Bertz CT molecular complexity index is 231. The SMILES string of the molecule is CC(N)C(C)CNCCc1ccco1. The minimum atomic E-state index is 0.256. The van der Waals surface area contributed by atoms with Crippen LogP contribution >= 0.6 is 0 Å². The van der Waals surface area contributed by atoms with Gasteiger partial charge in [0.15, 0.2) is 0 Å². The maximum atomic E-state index is 5.75. The molecule has 3 N–H and O–H groups in total. The van der Waals surface area contributed by atoms with Crippen molar-refractivity contribution in [2.75, 3.05) is 13.1 Å². The summed E-state index contributed by atoms with van der Waals surface area (Å²) >= 11 is 0. The van der Waals surface area contributed by atoms with Gasteiger partial charge in [-0.25, -0.2) is 0 Å². The van der Waals surface area contributed by atoms with Crippen LogP contribution in [0.15, 0.2) is 22.8 Å². The van der Waals surface area contributed by atoms with Crippen LogP contribution in [0.4, 0.5) is 0 Å². The molecule has 0 aliphatic heterocycles. The summed E-state index contributed by atoms with van der Waals surface area (Å²) < 4.78 is 5.22. The van der Waals surface area contributed by atoms with E-state index in [9.17, 15) is 0 Å². The number of nitrogens with one attached hydrogen (secondary N) is 1. The smallest absolute Gasteiger partial charge is 0.105 e. The van der Waals surface area contributed by atoms with Crippen molar-refractivity contribution >= 4 is 0 Å². The van der Waals surface area contributed by atoms with Crippen molar-refractivity contribution in [1.29, 1.82) is 0 Å². The second kappa shape index (κ2) is 5.83. The van der Waals surface area contributed by atoms with E-state index in [1.54, 1.807) is 6.26 Å². The average Bonchev–Trinajstić information content (AvgIpc) is 2.64. The fourth-order valence-electron chi connectivity index (χ4n) is 1.18. The van der Waals surface area contributed by atoms with Gasteiger partial charge in [-0.15, -0.1) is 0 Å². The molecule has 3 heteroatoms. The Kier molecular flexibility index (Phi) is 4.70. The molecule has 80 valence electrons. The number of rotatable bonds is 6. The molecule has 2 atom stereocenters. The molecule has 2 unspecified atom stereocenters. The molecule has 0 amide bonds. The van der Waals surface area contributed by atoms with Crippen LogP contribution in [0, 0.1) is 5.92 Å². The molecule has 0 aromatic carbocycles. The summed E-state index contributed by atoms with van der Waals surface area (Å²) in [7, 11) is 0. The Morgan fingerprint density at radius 2 is 2.29 bits per heavy atom. The molecule has 0 saturated heterocycles. The van der Waals surface area contributed by atoms with E-state index in [4.69, 9.17) is 10.2 Å². The van der Waals surface area contributed by atoms with Gasteiger partial charge in [-0.3, -0.25) is 0 Å². The largest absolute Gasteiger partial charge is 0.469 e. The maximum Gasteiger partial charge on any atom is 0.105 e. The third kappa shape index (κ3) is 3.94. The van der Waals surface area contributed by atoms with Crippen molar-refractivity contribution in [3.63, 3.8) is 0 Å². The normalized spacial score (nSPS) is 15.4. The number of furan rings is 1. The monoisotopic (exact) mass is 196 g/mol. The Morgan fingerprint density at radius 1 is 1.50 bits per heavy atom. The Labute approximate surface area is 85.7 Å². The van der Waals surface area contributed by atoms with E-state index in [1.807, 2.05) is 19.1 Å². The summed E-state index contributed by atoms with van der Waals surface area (Å²) in [6, 6.07) is 4.17. The van der Waals surface area contributed by atoms with E-state index >= 15 is 0 Å². The first-order valence-electron chi connectivity index (χ1n) is 5.19. The van der Waals surface area contributed by atoms with Crippen LogP contribution < -0.4 is 11.1 Å². The first kappa shape index (κ1) is 11.3. The predicted octanol–water partition coefficient (Wildman–Crippen LogP) is 1.39. The zero-order chi connectivity index (χ0) is 10.4. The fraction of sp³-hybridized carbons (Fsp3) is 0.636. The molecular formula is C11H20N2O. The Morgan fingerprint density at radius 3 is 2.86 bits per heavy atom. The van der Waals surface area contributed by atoms with Gasteiger partial charge in [-0.05, 0) is 31.5 Å². The standard InChI is InChI=1S/C11H20N2O/c1-9(10(2)12)8-13-6-5-11-4-3-7-14-11/h3-4,7,9-10,13H,5-6,8,12H2,1-2H3. The summed E-state index contributed by atoms with van der Waals surface area (Å²) in [5.74, 6) is 1.55. The molecule has 0 fully saturated rings. The zero-order valence-corrected chi connectivity index (χ0v) is 8.99. The third-order valence-electron chi connectivity index (χ3n) is 2.49. The van der Waals surface area contributed by atoms with Crippen LogP contribution in [-0.4, -0.2) is 19.1 Å². The topological polar surface area (TPSA) is 51.2 Å². The van der Waals surface area contributed by atoms with E-state index in [-0.39, 0.29) is 6.04 Å². The maximum absolute atomic E-state index is 5.75. The number of hydrogen-bond acceptors (Lipinski definition) is 3. The van der Waals surface area contributed by atoms with Gasteiger partial charge in [0.2, 0.25) is 0 Å². The van der Waals surface area contributed by atoms with Crippen molar-refractivity contribution in [2.24, 2.45) is 11.7 Å². The molecule has 0 saturated carbocycles. The Hall–Kier alpha value is -0.800. The van der Waals surface area contributed by atoms with Crippen LogP contribution in [-0.2, 0) is 6.42 Å². The van der Waals surface area contributed by atoms with Gasteiger partial charge < -0.3 is 15.5 Å². The minimum Gasteiger partial charge on any atom is -0.469 e. The van der Waals surface area contributed by atoms with Gasteiger partial charge in [0.05, 0.1) is 6.26 Å². The van der Waals surface area contributed by atoms with Crippen molar-refractivity contribution < 1.29 is 4.42 Å². The second-order valence-corrected chi connectivity index (χ2v) is 3.87. The molecule has 1 aromatic heterocycles. The van der Waals surface area contributed by atoms with Crippen molar-refractivity contribution in [3.8, 4) is 0 Å². The lowest BCUT2D eigenvalue weighted by molar-refractivity contribution is 0.437. The summed E-state index contributed by atoms with van der Waals surface area (Å²) in [4.78, 5) is 0. The quantitative estimate of drug-likeness (QED) is 0.676. The predicted molar refractivity (Wildman–Crippen MR) is 58.1 cm³/mol. The highest BCUT2D eigenvalue weighted by Gasteiger charge is 2.05. The van der Waals surface area contributed by atoms with Crippen LogP contribution in [0.3, 0.4) is 0 Å². The highest BCUT2D eigenvalue weighted by atomic mass is 16.3. The molecular weight excluding hydrogens is 176 g/mol. The minimum absolute atomic E-state index is 0.256. The van der Waals surface area contributed by atoms with Gasteiger partial charge in [0.25, 0.3) is 0 Å². The van der Waals surface area contributed by atoms with Crippen LogP contribution in [0.25, 0.3) is 0 Å². The third-order valence-corrected chi connectivity index (χ3v) is 2.49. The zero-order valence-electron chi connectivity index (χ0n) is 8.99. The van der Waals surface area contributed by atoms with E-state index in [1.165, 1.54) is 0 Å². The van der Waals surface area contributed by atoms with Crippen LogP contribution in [0.2, 0.25) is 0 Å². The van der Waals surface area contributed by atoms with Gasteiger partial charge in [0.1, 0.15) is 5.76 Å². The van der Waals surface area contributed by atoms with Crippen molar-refractivity contribution in [2.45, 2.75) is 26.3 Å². The molecule has 0 aliphatic rings. The second-order valence-electron chi connectivity index (χ2n) is 3.87. The number of nitrogens with two attached hydrogens (primary N) is 1. The summed E-state index contributed by atoms with van der Waals surface area (Å²) in [6.45, 7) is 6.12. The molecule has 3 nitrogen and oxygen atoms in total. The summed E-state index contributed by atoms with van der Waals surface area (Å²) in [5.41, 5.74) is 5.75. The summed E-state index contributed by atoms with van der Waals surface area (Å²) in [6.07, 6.45) is 2.65. The van der Waals surface area contributed by atoms with Gasteiger partial charge in [-0.1, -0.05) is 6.92 Å². The van der Waals surface area contributed by atoms with Gasteiger partial charge in [-0.2, -0.15) is 0 Å². The van der Waals surface area contributed by atoms with E-state index in [2.05, 4.69) is 12.2 Å². The first-order chi connectivity index (χ1) is 6.70. The highest BCUT2D eigenvalue weighted by molar-refractivity contribution is 4.98. The van der Waals surface area contributed by atoms with E-state index in [0.717, 1.165) is 25.3 Å². The molecule has 1 heterocycles. The lowest BCUT2D eigenvalue weighted by Gasteiger charge is -2.15. The molecule has 1 rings (SSSR count). The summed E-state index contributed by atoms with van der Waals surface area (Å²) in [5, 5.41) is 3.36. The molecule has 0 radical (unpaired) electrons. The van der Waals surface area contributed by atoms with Gasteiger partial charge in [0, 0.05) is 19.0 Å². The molecule has 0 spiro atoms. The molecule has 0 bridgehead atoms. The van der Waals surface area contributed by atoms with E-state index < -0.39 is 0 Å². The van der Waals surface area contributed by atoms with Gasteiger partial charge >= 0.3 is 0 Å². The highest BCUT2D eigenvalue weighted by Crippen LogP contribution is 2.00. The molecule has 1 aromatic rings.